The van der Waals surface area contributed by atoms with Gasteiger partial charge in [-0.1, -0.05) is 0 Å². The summed E-state index contributed by atoms with van der Waals surface area (Å²) < 4.78 is 21.0. The Balaban J connectivity index is 1.77. The second kappa shape index (κ2) is 8.36. The lowest BCUT2D eigenvalue weighted by Gasteiger charge is -2.19. The van der Waals surface area contributed by atoms with Gasteiger partial charge >= 0.3 is 6.09 Å². The molecule has 0 spiro atoms. The van der Waals surface area contributed by atoms with E-state index in [1.807, 2.05) is 5.38 Å². The topological polar surface area (TPSA) is 89.0 Å². The number of carbonyl (C=O) groups is 1. The number of hydrogen-bond acceptors (Lipinski definition) is 7. The van der Waals surface area contributed by atoms with Crippen molar-refractivity contribution < 1.29 is 13.9 Å². The van der Waals surface area contributed by atoms with E-state index in [1.165, 1.54) is 23.6 Å². The van der Waals surface area contributed by atoms with Gasteiger partial charge in [-0.25, -0.2) is 19.2 Å². The summed E-state index contributed by atoms with van der Waals surface area (Å²) in [6.45, 7) is 6.16. The van der Waals surface area contributed by atoms with Crippen molar-refractivity contribution >= 4 is 49.4 Å². The zero-order chi connectivity index (χ0) is 20.3. The Morgan fingerprint density at radius 2 is 2.11 bits per heavy atom. The summed E-state index contributed by atoms with van der Waals surface area (Å²) >= 11 is 4.94. The third kappa shape index (κ3) is 4.93. The Labute approximate surface area is 173 Å². The van der Waals surface area contributed by atoms with Crippen molar-refractivity contribution in [2.24, 2.45) is 0 Å². The van der Waals surface area contributed by atoms with Crippen LogP contribution in [0.1, 0.15) is 20.8 Å². The summed E-state index contributed by atoms with van der Waals surface area (Å²) in [4.78, 5) is 24.4. The first-order chi connectivity index (χ1) is 13.2. The number of hydrogen-bond donors (Lipinski definition) is 2. The number of halogens is 2. The maximum absolute atomic E-state index is 14.1. The van der Waals surface area contributed by atoms with Crippen LogP contribution in [0.4, 0.5) is 15.0 Å². The highest BCUT2D eigenvalue weighted by atomic mass is 79.9. The minimum atomic E-state index is -0.552. The molecule has 1 amide bonds. The van der Waals surface area contributed by atoms with Crippen LogP contribution >= 0.6 is 27.3 Å². The lowest BCUT2D eigenvalue weighted by Crippen LogP contribution is -2.35. The Morgan fingerprint density at radius 1 is 1.32 bits per heavy atom. The molecule has 0 bridgehead atoms. The van der Waals surface area contributed by atoms with Crippen LogP contribution in [0.5, 0.6) is 0 Å². The molecule has 0 fully saturated rings. The van der Waals surface area contributed by atoms with E-state index in [-0.39, 0.29) is 11.4 Å². The fourth-order valence-corrected chi connectivity index (χ4v) is 3.88. The highest BCUT2D eigenvalue weighted by Gasteiger charge is 2.17. The predicted octanol–water partition coefficient (Wildman–Crippen LogP) is 4.59. The smallest absolute Gasteiger partial charge is 0.407 e. The molecule has 3 aromatic heterocycles. The molecule has 0 aliphatic heterocycles. The normalized spacial score (nSPS) is 11.5. The van der Waals surface area contributed by atoms with Gasteiger partial charge in [0.2, 0.25) is 0 Å². The van der Waals surface area contributed by atoms with Crippen molar-refractivity contribution in [3.05, 3.63) is 34.1 Å². The maximum atomic E-state index is 14.1. The molecule has 0 aliphatic carbocycles. The molecule has 0 saturated heterocycles. The van der Waals surface area contributed by atoms with Crippen LogP contribution in [-0.2, 0) is 4.74 Å². The van der Waals surface area contributed by atoms with Gasteiger partial charge in [0.05, 0.1) is 20.9 Å². The number of thiophene rings is 1. The minimum absolute atomic E-state index is 0.258. The molecular formula is C18H19BrFN5O2S. The molecular weight excluding hydrogens is 449 g/mol. The van der Waals surface area contributed by atoms with Crippen molar-refractivity contribution in [2.45, 2.75) is 26.4 Å². The molecule has 0 aliphatic rings. The molecule has 7 nitrogen and oxygen atoms in total. The van der Waals surface area contributed by atoms with Crippen LogP contribution in [0.2, 0.25) is 0 Å². The second-order valence-electron chi connectivity index (χ2n) is 6.87. The number of fused-ring (bicyclic) bond motifs is 1. The number of alkyl carbamates (subject to hydrolysis) is 1. The highest BCUT2D eigenvalue weighted by Crippen LogP contribution is 2.35. The van der Waals surface area contributed by atoms with Crippen LogP contribution in [0, 0.1) is 5.82 Å². The number of rotatable bonds is 5. The second-order valence-corrected chi connectivity index (χ2v) is 8.60. The van der Waals surface area contributed by atoms with Crippen LogP contribution in [0.15, 0.2) is 28.3 Å². The summed E-state index contributed by atoms with van der Waals surface area (Å²) in [7, 11) is 0. The Bertz CT molecular complexity index is 1010. The average Bonchev–Trinajstić information content (AvgIpc) is 2.99. The summed E-state index contributed by atoms with van der Waals surface area (Å²) in [6.07, 6.45) is 2.14. The van der Waals surface area contributed by atoms with Crippen molar-refractivity contribution in [3.8, 4) is 11.4 Å². The SMILES string of the molecule is CC(C)(C)OC(=O)NCCNc1nc(-c2ccncc2F)nc2c(Br)csc12. The maximum Gasteiger partial charge on any atom is 0.407 e. The fraction of sp³-hybridized carbons (Fsp3) is 0.333. The van der Waals surface area contributed by atoms with Gasteiger partial charge in [-0.05, 0) is 42.8 Å². The van der Waals surface area contributed by atoms with E-state index >= 15 is 0 Å². The number of nitrogens with one attached hydrogen (secondary N) is 2. The fourth-order valence-electron chi connectivity index (χ4n) is 2.35. The van der Waals surface area contributed by atoms with Crippen molar-refractivity contribution in [1.82, 2.24) is 20.3 Å². The predicted molar refractivity (Wildman–Crippen MR) is 111 cm³/mol. The van der Waals surface area contributed by atoms with Crippen molar-refractivity contribution in [1.29, 1.82) is 0 Å². The van der Waals surface area contributed by atoms with Gasteiger partial charge in [0.25, 0.3) is 0 Å². The quantitative estimate of drug-likeness (QED) is 0.533. The van der Waals surface area contributed by atoms with Gasteiger partial charge in [-0.2, -0.15) is 0 Å². The third-order valence-electron chi connectivity index (χ3n) is 3.47. The molecule has 0 unspecified atom stereocenters. The average molecular weight is 468 g/mol. The number of pyridine rings is 1. The first-order valence-electron chi connectivity index (χ1n) is 8.50. The summed E-state index contributed by atoms with van der Waals surface area (Å²) in [5.41, 5.74) is 0.405. The standard InChI is InChI=1S/C18H19BrFN5O2S/c1-18(2,3)27-17(26)23-7-6-22-16-14-13(11(19)9-28-14)24-15(25-16)10-4-5-21-8-12(10)20/h4-5,8-9H,6-7H2,1-3H3,(H,23,26)(H,22,24,25). The summed E-state index contributed by atoms with van der Waals surface area (Å²) in [5.74, 6) is 0.331. The molecule has 3 heterocycles. The van der Waals surface area contributed by atoms with E-state index in [4.69, 9.17) is 4.74 Å². The third-order valence-corrected chi connectivity index (χ3v) is 5.35. The van der Waals surface area contributed by atoms with Crippen LogP contribution < -0.4 is 10.6 Å². The van der Waals surface area contributed by atoms with E-state index < -0.39 is 17.5 Å². The van der Waals surface area contributed by atoms with Crippen LogP contribution in [0.3, 0.4) is 0 Å². The zero-order valence-corrected chi connectivity index (χ0v) is 17.9. The molecule has 28 heavy (non-hydrogen) atoms. The molecule has 3 rings (SSSR count). The van der Waals surface area contributed by atoms with E-state index in [9.17, 15) is 9.18 Å². The molecule has 2 N–H and O–H groups in total. The Hall–Kier alpha value is -2.33. The van der Waals surface area contributed by atoms with E-state index in [1.54, 1.807) is 20.8 Å². The molecule has 0 atom stereocenters. The van der Waals surface area contributed by atoms with Crippen LogP contribution in [-0.4, -0.2) is 39.7 Å². The number of nitrogens with zero attached hydrogens (tertiary/aromatic N) is 3. The van der Waals surface area contributed by atoms with E-state index in [0.29, 0.717) is 24.4 Å². The highest BCUT2D eigenvalue weighted by molar-refractivity contribution is 9.10. The van der Waals surface area contributed by atoms with Gasteiger partial charge in [0.1, 0.15) is 16.9 Å². The first-order valence-corrected chi connectivity index (χ1v) is 10.2. The molecule has 3 aromatic rings. The minimum Gasteiger partial charge on any atom is -0.444 e. The van der Waals surface area contributed by atoms with Gasteiger partial charge < -0.3 is 15.4 Å². The van der Waals surface area contributed by atoms with Crippen molar-refractivity contribution in [2.75, 3.05) is 18.4 Å². The Morgan fingerprint density at radius 3 is 2.82 bits per heavy atom. The lowest BCUT2D eigenvalue weighted by atomic mass is 10.2. The lowest BCUT2D eigenvalue weighted by molar-refractivity contribution is 0.0530. The van der Waals surface area contributed by atoms with E-state index in [2.05, 4.69) is 41.5 Å². The largest absolute Gasteiger partial charge is 0.444 e. The number of aromatic nitrogens is 3. The number of ether oxygens (including phenoxy) is 1. The van der Waals surface area contributed by atoms with Gasteiger partial charge in [-0.15, -0.1) is 11.3 Å². The zero-order valence-electron chi connectivity index (χ0n) is 15.5. The Kier molecular flexibility index (Phi) is 6.09. The number of carbonyl (C=O) groups excluding carboxylic acids is 1. The van der Waals surface area contributed by atoms with Gasteiger partial charge in [0.15, 0.2) is 11.6 Å². The van der Waals surface area contributed by atoms with Crippen LogP contribution in [0.25, 0.3) is 21.6 Å². The molecule has 148 valence electrons. The van der Waals surface area contributed by atoms with Gasteiger partial charge in [0, 0.05) is 24.7 Å². The van der Waals surface area contributed by atoms with E-state index in [0.717, 1.165) is 15.4 Å². The van der Waals surface area contributed by atoms with Crippen molar-refractivity contribution in [3.63, 3.8) is 0 Å². The van der Waals surface area contributed by atoms with Gasteiger partial charge in [-0.3, -0.25) is 4.98 Å². The number of amides is 1. The first kappa shape index (κ1) is 20.4. The summed E-state index contributed by atoms with van der Waals surface area (Å²) in [6, 6.07) is 1.53. The molecule has 0 radical (unpaired) electrons. The molecule has 0 saturated carbocycles. The summed E-state index contributed by atoms with van der Waals surface area (Å²) in [5, 5.41) is 7.75. The molecule has 0 aromatic carbocycles. The number of anilines is 1. The monoisotopic (exact) mass is 467 g/mol. The molecule has 10 heteroatoms.